The highest BCUT2D eigenvalue weighted by molar-refractivity contribution is 14.1. The third-order valence-corrected chi connectivity index (χ3v) is 6.07. The van der Waals surface area contributed by atoms with Crippen LogP contribution in [0.1, 0.15) is 10.5 Å². The van der Waals surface area contributed by atoms with Gasteiger partial charge in [-0.05, 0) is 40.8 Å². The highest BCUT2D eigenvalue weighted by Crippen LogP contribution is 2.31. The molecule has 3 rings (SSSR count). The molecule has 1 heterocycles. The summed E-state index contributed by atoms with van der Waals surface area (Å²) in [5.41, 5.74) is 0.110. The van der Waals surface area contributed by atoms with Gasteiger partial charge in [0.15, 0.2) is 5.69 Å². The predicted molar refractivity (Wildman–Crippen MR) is 90.6 cm³/mol. The fourth-order valence-corrected chi connectivity index (χ4v) is 4.93. The number of fused-ring (bicyclic) bond motifs is 1. The van der Waals surface area contributed by atoms with Gasteiger partial charge in [-0.25, -0.2) is 17.2 Å². The van der Waals surface area contributed by atoms with Crippen molar-refractivity contribution in [2.45, 2.75) is 4.90 Å². The van der Waals surface area contributed by atoms with Crippen LogP contribution in [0.4, 0.5) is 0 Å². The van der Waals surface area contributed by atoms with Crippen LogP contribution in [0.25, 0.3) is 10.9 Å². The van der Waals surface area contributed by atoms with Gasteiger partial charge >= 0.3 is 5.97 Å². The molecule has 0 fully saturated rings. The van der Waals surface area contributed by atoms with E-state index in [1.807, 2.05) is 22.6 Å². The number of halogens is 1. The van der Waals surface area contributed by atoms with Crippen LogP contribution in [-0.2, 0) is 10.0 Å². The van der Waals surface area contributed by atoms with E-state index in [2.05, 4.69) is 0 Å². The Bertz CT molecular complexity index is 977. The molecule has 7 heteroatoms. The van der Waals surface area contributed by atoms with Crippen LogP contribution in [0.5, 0.6) is 0 Å². The number of aromatic carboxylic acids is 1. The van der Waals surface area contributed by atoms with E-state index < -0.39 is 16.0 Å². The molecule has 5 nitrogen and oxygen atoms in total. The predicted octanol–water partition coefficient (Wildman–Crippen LogP) is 3.18. The van der Waals surface area contributed by atoms with Crippen molar-refractivity contribution in [1.29, 1.82) is 0 Å². The molecule has 0 aliphatic rings. The van der Waals surface area contributed by atoms with Crippen molar-refractivity contribution in [3.63, 3.8) is 0 Å². The fourth-order valence-electron chi connectivity index (χ4n) is 2.30. The van der Waals surface area contributed by atoms with Crippen molar-refractivity contribution in [3.05, 3.63) is 63.9 Å². The Balaban J connectivity index is 2.45. The summed E-state index contributed by atoms with van der Waals surface area (Å²) in [6, 6.07) is 14.5. The summed E-state index contributed by atoms with van der Waals surface area (Å²) in [5.74, 6) is -1.28. The second-order valence-corrected chi connectivity index (χ2v) is 7.43. The molecule has 0 unspecified atom stereocenters. The topological polar surface area (TPSA) is 76.4 Å². The molecule has 0 amide bonds. The number of carbonyl (C=O) groups is 1. The summed E-state index contributed by atoms with van der Waals surface area (Å²) in [7, 11) is -3.99. The normalized spacial score (nSPS) is 11.7. The largest absolute Gasteiger partial charge is 0.477 e. The maximum Gasteiger partial charge on any atom is 0.354 e. The molecular formula is C15H10INO4S. The van der Waals surface area contributed by atoms with Gasteiger partial charge in [0.25, 0.3) is 10.0 Å². The molecule has 0 aliphatic heterocycles. The molecule has 2 aromatic carbocycles. The summed E-state index contributed by atoms with van der Waals surface area (Å²) in [4.78, 5) is 11.7. The first-order valence-corrected chi connectivity index (χ1v) is 8.79. The van der Waals surface area contributed by atoms with E-state index in [9.17, 15) is 18.3 Å². The molecule has 0 saturated carbocycles. The zero-order chi connectivity index (χ0) is 15.9. The number of rotatable bonds is 3. The quantitative estimate of drug-likeness (QED) is 0.652. The summed E-state index contributed by atoms with van der Waals surface area (Å²) in [5, 5.41) is 10.1. The highest BCUT2D eigenvalue weighted by atomic mass is 127. The van der Waals surface area contributed by atoms with Crippen LogP contribution in [-0.4, -0.2) is 23.5 Å². The van der Waals surface area contributed by atoms with Gasteiger partial charge < -0.3 is 5.11 Å². The van der Waals surface area contributed by atoms with E-state index >= 15 is 0 Å². The second-order valence-electron chi connectivity index (χ2n) is 4.57. The molecule has 0 atom stereocenters. The zero-order valence-electron chi connectivity index (χ0n) is 11.1. The number of carboxylic acid groups (broad SMARTS) is 1. The highest BCUT2D eigenvalue weighted by Gasteiger charge is 2.29. The minimum absolute atomic E-state index is 0.0506. The van der Waals surface area contributed by atoms with Gasteiger partial charge in [-0.3, -0.25) is 0 Å². The first-order valence-electron chi connectivity index (χ1n) is 6.27. The summed E-state index contributed by atoms with van der Waals surface area (Å²) in [6.07, 6.45) is 0. The molecule has 0 aliphatic carbocycles. The molecule has 0 spiro atoms. The number of hydrogen-bond donors (Lipinski definition) is 1. The van der Waals surface area contributed by atoms with Crippen LogP contribution in [0, 0.1) is 3.57 Å². The standard InChI is InChI=1S/C15H10INO4S/c16-13-11-8-4-5-9-12(11)17(14(13)15(18)19)22(20,21)10-6-2-1-3-7-10/h1-9H,(H,18,19). The minimum Gasteiger partial charge on any atom is -0.477 e. The van der Waals surface area contributed by atoms with Crippen molar-refractivity contribution >= 4 is 49.5 Å². The Morgan fingerprint density at radius 3 is 2.23 bits per heavy atom. The molecule has 0 saturated heterocycles. The molecule has 1 aromatic heterocycles. The van der Waals surface area contributed by atoms with E-state index in [4.69, 9.17) is 0 Å². The second kappa shape index (κ2) is 5.40. The van der Waals surface area contributed by atoms with E-state index in [0.717, 1.165) is 3.97 Å². The van der Waals surface area contributed by atoms with Crippen LogP contribution < -0.4 is 0 Å². The van der Waals surface area contributed by atoms with Crippen molar-refractivity contribution in [3.8, 4) is 0 Å². The maximum atomic E-state index is 12.9. The van der Waals surface area contributed by atoms with Gasteiger partial charge in [0.05, 0.1) is 14.0 Å². The lowest BCUT2D eigenvalue weighted by Gasteiger charge is -2.09. The molecule has 0 bridgehead atoms. The summed E-state index contributed by atoms with van der Waals surface area (Å²) >= 11 is 1.87. The Kier molecular flexibility index (Phi) is 3.69. The average Bonchev–Trinajstić information content (AvgIpc) is 2.82. The monoisotopic (exact) mass is 427 g/mol. The lowest BCUT2D eigenvalue weighted by atomic mass is 10.2. The SMILES string of the molecule is O=C(O)c1c(I)c2ccccc2n1S(=O)(=O)c1ccccc1. The molecular weight excluding hydrogens is 417 g/mol. The van der Waals surface area contributed by atoms with E-state index in [1.165, 1.54) is 12.1 Å². The van der Waals surface area contributed by atoms with Crippen molar-refractivity contribution in [1.82, 2.24) is 3.97 Å². The molecule has 3 aromatic rings. The average molecular weight is 427 g/mol. The number of para-hydroxylation sites is 1. The molecule has 1 N–H and O–H groups in total. The van der Waals surface area contributed by atoms with Gasteiger partial charge in [-0.2, -0.15) is 0 Å². The molecule has 0 radical (unpaired) electrons. The van der Waals surface area contributed by atoms with Crippen molar-refractivity contribution in [2.24, 2.45) is 0 Å². The van der Waals surface area contributed by atoms with Crippen LogP contribution in [0.15, 0.2) is 59.5 Å². The van der Waals surface area contributed by atoms with Gasteiger partial charge in [-0.1, -0.05) is 36.4 Å². The van der Waals surface area contributed by atoms with Crippen LogP contribution >= 0.6 is 22.6 Å². The Labute approximate surface area is 140 Å². The number of aromatic nitrogens is 1. The zero-order valence-corrected chi connectivity index (χ0v) is 14.1. The number of benzene rings is 2. The summed E-state index contributed by atoms with van der Waals surface area (Å²) in [6.45, 7) is 0. The van der Waals surface area contributed by atoms with E-state index in [1.54, 1.807) is 42.5 Å². The van der Waals surface area contributed by atoms with Crippen molar-refractivity contribution < 1.29 is 18.3 Å². The van der Waals surface area contributed by atoms with Gasteiger partial charge in [-0.15, -0.1) is 0 Å². The minimum atomic E-state index is -3.99. The van der Waals surface area contributed by atoms with E-state index in [0.29, 0.717) is 14.5 Å². The number of carboxylic acids is 1. The lowest BCUT2D eigenvalue weighted by molar-refractivity contribution is 0.0688. The lowest BCUT2D eigenvalue weighted by Crippen LogP contribution is -2.19. The van der Waals surface area contributed by atoms with Crippen LogP contribution in [0.3, 0.4) is 0 Å². The smallest absolute Gasteiger partial charge is 0.354 e. The third-order valence-electron chi connectivity index (χ3n) is 3.25. The van der Waals surface area contributed by atoms with Gasteiger partial charge in [0, 0.05) is 5.39 Å². The number of hydrogen-bond acceptors (Lipinski definition) is 3. The maximum absolute atomic E-state index is 12.9. The Morgan fingerprint density at radius 2 is 1.59 bits per heavy atom. The summed E-state index contributed by atoms with van der Waals surface area (Å²) < 4.78 is 27.1. The number of nitrogens with zero attached hydrogens (tertiary/aromatic N) is 1. The van der Waals surface area contributed by atoms with Crippen LogP contribution in [0.2, 0.25) is 0 Å². The van der Waals surface area contributed by atoms with E-state index in [-0.39, 0.29) is 10.6 Å². The van der Waals surface area contributed by atoms with Gasteiger partial charge in [0.2, 0.25) is 0 Å². The first kappa shape index (κ1) is 15.0. The fraction of sp³-hybridized carbons (Fsp3) is 0. The van der Waals surface area contributed by atoms with Gasteiger partial charge in [0.1, 0.15) is 0 Å². The molecule has 22 heavy (non-hydrogen) atoms. The molecule has 112 valence electrons. The van der Waals surface area contributed by atoms with Crippen molar-refractivity contribution in [2.75, 3.05) is 0 Å². The Morgan fingerprint density at radius 1 is 1.00 bits per heavy atom. The Hall–Kier alpha value is -1.87. The first-order chi connectivity index (χ1) is 10.4. The third kappa shape index (κ3) is 2.20.